The molecule has 100 valence electrons. The second-order valence-electron chi connectivity index (χ2n) is 4.39. The van der Waals surface area contributed by atoms with Crippen LogP contribution in [0.1, 0.15) is 19.3 Å². The highest BCUT2D eigenvalue weighted by Gasteiger charge is 2.26. The minimum Gasteiger partial charge on any atom is -0.337 e. The topological polar surface area (TPSA) is 78.5 Å². The van der Waals surface area contributed by atoms with Crippen molar-refractivity contribution in [2.45, 2.75) is 25.3 Å². The summed E-state index contributed by atoms with van der Waals surface area (Å²) >= 11 is 0. The van der Waals surface area contributed by atoms with Crippen molar-refractivity contribution in [3.05, 3.63) is 0 Å². The first kappa shape index (κ1) is 14.4. The van der Waals surface area contributed by atoms with Gasteiger partial charge in [-0.15, -0.1) is 0 Å². The first-order chi connectivity index (χ1) is 7.94. The molecule has 2 N–H and O–H groups in total. The number of likely N-dealkylation sites (N-methyl/N-ethyl adjacent to an activating group) is 1. The van der Waals surface area contributed by atoms with Gasteiger partial charge in [-0.3, -0.25) is 4.79 Å². The van der Waals surface area contributed by atoms with Gasteiger partial charge < -0.3 is 10.2 Å². The summed E-state index contributed by atoms with van der Waals surface area (Å²) in [5, 5.41) is 2.83. The fourth-order valence-corrected chi connectivity index (χ4v) is 2.54. The highest BCUT2D eigenvalue weighted by atomic mass is 32.2. The summed E-state index contributed by atoms with van der Waals surface area (Å²) in [7, 11) is -1.46. The molecule has 0 aromatic rings. The molecule has 1 saturated heterocycles. The lowest BCUT2D eigenvalue weighted by atomic mass is 10.0. The smallest absolute Gasteiger partial charge is 0.236 e. The second kappa shape index (κ2) is 6.32. The Morgan fingerprint density at radius 1 is 1.41 bits per heavy atom. The van der Waals surface area contributed by atoms with Gasteiger partial charge in [0, 0.05) is 19.1 Å². The third-order valence-electron chi connectivity index (χ3n) is 2.86. The van der Waals surface area contributed by atoms with E-state index in [1.165, 1.54) is 0 Å². The largest absolute Gasteiger partial charge is 0.337 e. The molecule has 0 aromatic carbocycles. The summed E-state index contributed by atoms with van der Waals surface area (Å²) in [6.07, 6.45) is 4.03. The normalized spacial score (nSPS) is 21.5. The van der Waals surface area contributed by atoms with Crippen LogP contribution in [0.3, 0.4) is 0 Å². The molecule has 1 aliphatic rings. The minimum absolute atomic E-state index is 0.0145. The fourth-order valence-electron chi connectivity index (χ4n) is 2.04. The number of nitrogens with zero attached hydrogens (tertiary/aromatic N) is 1. The van der Waals surface area contributed by atoms with Crippen LogP contribution < -0.4 is 10.0 Å². The molecule has 0 aliphatic carbocycles. The van der Waals surface area contributed by atoms with E-state index in [0.29, 0.717) is 13.1 Å². The van der Waals surface area contributed by atoms with Crippen molar-refractivity contribution in [2.75, 3.05) is 32.9 Å². The Morgan fingerprint density at radius 3 is 2.71 bits per heavy atom. The van der Waals surface area contributed by atoms with Crippen molar-refractivity contribution in [1.82, 2.24) is 14.9 Å². The molecule has 1 atom stereocenters. The van der Waals surface area contributed by atoms with E-state index in [2.05, 4.69) is 10.0 Å². The molecule has 7 heteroatoms. The van der Waals surface area contributed by atoms with Crippen molar-refractivity contribution in [3.63, 3.8) is 0 Å². The molecule has 17 heavy (non-hydrogen) atoms. The first-order valence-electron chi connectivity index (χ1n) is 5.83. The van der Waals surface area contributed by atoms with Crippen LogP contribution >= 0.6 is 0 Å². The maximum atomic E-state index is 11.8. The number of hydrogen-bond donors (Lipinski definition) is 2. The molecule has 1 rings (SSSR count). The molecule has 0 bridgehead atoms. The number of hydrogen-bond acceptors (Lipinski definition) is 4. The predicted molar refractivity (Wildman–Crippen MR) is 66.1 cm³/mol. The van der Waals surface area contributed by atoms with Gasteiger partial charge in [-0.05, 0) is 26.3 Å². The average molecular weight is 263 g/mol. The van der Waals surface area contributed by atoms with E-state index in [0.717, 1.165) is 32.1 Å². The van der Waals surface area contributed by atoms with Gasteiger partial charge >= 0.3 is 0 Å². The Kier molecular flexibility index (Phi) is 5.35. The molecule has 0 saturated carbocycles. The molecule has 6 nitrogen and oxygen atoms in total. The fraction of sp³-hybridized carbons (Fsp3) is 0.900. The Bertz CT molecular complexity index is 356. The van der Waals surface area contributed by atoms with Gasteiger partial charge in [0.15, 0.2) is 0 Å². The standard InChI is InChI=1S/C10H21N3O3S/c1-11-8-10(14)13-6-4-3-5-9(13)7-12-17(2,15)16/h9,11-12H,3-8H2,1-2H3. The number of likely N-dealkylation sites (tertiary alicyclic amines) is 1. The molecule has 1 fully saturated rings. The number of carbonyl (C=O) groups is 1. The molecule has 1 heterocycles. The van der Waals surface area contributed by atoms with Crippen LogP contribution in [0.5, 0.6) is 0 Å². The second-order valence-corrected chi connectivity index (χ2v) is 6.22. The maximum Gasteiger partial charge on any atom is 0.236 e. The highest BCUT2D eigenvalue weighted by molar-refractivity contribution is 7.88. The number of carbonyl (C=O) groups excluding carboxylic acids is 1. The van der Waals surface area contributed by atoms with Gasteiger partial charge in [0.25, 0.3) is 0 Å². The Labute approximate surface area is 103 Å². The van der Waals surface area contributed by atoms with Crippen molar-refractivity contribution in [2.24, 2.45) is 0 Å². The number of sulfonamides is 1. The van der Waals surface area contributed by atoms with E-state index in [4.69, 9.17) is 0 Å². The Balaban J connectivity index is 2.56. The van der Waals surface area contributed by atoms with Crippen molar-refractivity contribution >= 4 is 15.9 Å². The van der Waals surface area contributed by atoms with Crippen LogP contribution in [-0.2, 0) is 14.8 Å². The molecule has 0 radical (unpaired) electrons. The van der Waals surface area contributed by atoms with E-state index >= 15 is 0 Å². The van der Waals surface area contributed by atoms with Crippen molar-refractivity contribution in [3.8, 4) is 0 Å². The van der Waals surface area contributed by atoms with Gasteiger partial charge in [0.1, 0.15) is 0 Å². The van der Waals surface area contributed by atoms with Crippen LogP contribution in [0.15, 0.2) is 0 Å². The summed E-state index contributed by atoms with van der Waals surface area (Å²) < 4.78 is 24.6. The monoisotopic (exact) mass is 263 g/mol. The highest BCUT2D eigenvalue weighted by Crippen LogP contribution is 2.16. The van der Waals surface area contributed by atoms with Crippen LogP contribution in [0.25, 0.3) is 0 Å². The van der Waals surface area contributed by atoms with E-state index in [9.17, 15) is 13.2 Å². The zero-order valence-electron chi connectivity index (χ0n) is 10.4. The molecule has 0 spiro atoms. The Hall–Kier alpha value is -0.660. The zero-order chi connectivity index (χ0) is 12.9. The summed E-state index contributed by atoms with van der Waals surface area (Å²) in [5.74, 6) is 0.0347. The number of nitrogens with one attached hydrogen (secondary N) is 2. The minimum atomic E-state index is -3.19. The van der Waals surface area contributed by atoms with E-state index in [1.807, 2.05) is 0 Å². The SMILES string of the molecule is CNCC(=O)N1CCCCC1CNS(C)(=O)=O. The zero-order valence-corrected chi connectivity index (χ0v) is 11.2. The summed E-state index contributed by atoms with van der Waals surface area (Å²) in [6.45, 7) is 1.33. The number of piperidine rings is 1. The molecular formula is C10H21N3O3S. The number of rotatable bonds is 5. The summed E-state index contributed by atoms with van der Waals surface area (Å²) in [4.78, 5) is 13.6. The van der Waals surface area contributed by atoms with Crippen LogP contribution in [-0.4, -0.2) is 58.2 Å². The van der Waals surface area contributed by atoms with Crippen molar-refractivity contribution in [1.29, 1.82) is 0 Å². The molecule has 1 unspecified atom stereocenters. The first-order valence-corrected chi connectivity index (χ1v) is 7.72. The molecule has 0 aromatic heterocycles. The Morgan fingerprint density at radius 2 is 2.12 bits per heavy atom. The van der Waals surface area contributed by atoms with Gasteiger partial charge in [-0.2, -0.15) is 0 Å². The van der Waals surface area contributed by atoms with Crippen LogP contribution in [0, 0.1) is 0 Å². The lowest BCUT2D eigenvalue weighted by molar-refractivity contribution is -0.133. The van der Waals surface area contributed by atoms with Gasteiger partial charge in [-0.1, -0.05) is 0 Å². The maximum absolute atomic E-state index is 11.8. The molecular weight excluding hydrogens is 242 g/mol. The van der Waals surface area contributed by atoms with Crippen LogP contribution in [0.4, 0.5) is 0 Å². The van der Waals surface area contributed by atoms with Gasteiger partial charge in [0.2, 0.25) is 15.9 Å². The van der Waals surface area contributed by atoms with E-state index in [-0.39, 0.29) is 11.9 Å². The average Bonchev–Trinajstić information content (AvgIpc) is 2.26. The van der Waals surface area contributed by atoms with E-state index in [1.54, 1.807) is 11.9 Å². The lowest BCUT2D eigenvalue weighted by Crippen LogP contribution is -2.51. The summed E-state index contributed by atoms with van der Waals surface area (Å²) in [6, 6.07) is -0.0145. The van der Waals surface area contributed by atoms with Crippen LogP contribution in [0.2, 0.25) is 0 Å². The van der Waals surface area contributed by atoms with Gasteiger partial charge in [0.05, 0.1) is 12.8 Å². The molecule has 1 amide bonds. The van der Waals surface area contributed by atoms with E-state index < -0.39 is 10.0 Å². The third-order valence-corrected chi connectivity index (χ3v) is 3.55. The lowest BCUT2D eigenvalue weighted by Gasteiger charge is -2.35. The predicted octanol–water partition coefficient (Wildman–Crippen LogP) is -0.864. The third kappa shape index (κ3) is 5.01. The number of amides is 1. The van der Waals surface area contributed by atoms with Gasteiger partial charge in [-0.25, -0.2) is 13.1 Å². The quantitative estimate of drug-likeness (QED) is 0.676. The molecule has 1 aliphatic heterocycles. The van der Waals surface area contributed by atoms with Crippen molar-refractivity contribution < 1.29 is 13.2 Å². The summed E-state index contributed by atoms with van der Waals surface area (Å²) in [5.41, 5.74) is 0.